The minimum absolute atomic E-state index is 0.0716. The SMILES string of the molecule is CC(C)(C)c1ccc2c(c1)c1cc(C(C)(C)C)ccc1n2-c1ccc(C=Nc2ccc(-n3c4ccc(C(C)(C)C)cc4c4cc(C(C)(C)C)ccc43)cc2)cc1. The number of aliphatic imine (C=N–C) groups is 1. The van der Waals surface area contributed by atoms with Crippen molar-refractivity contribution in [1.82, 2.24) is 9.13 Å². The first-order valence-electron chi connectivity index (χ1n) is 20.2. The Hall–Kier alpha value is -5.41. The van der Waals surface area contributed by atoms with E-state index in [1.54, 1.807) is 0 Å². The lowest BCUT2D eigenvalue weighted by Crippen LogP contribution is -2.10. The van der Waals surface area contributed by atoms with E-state index in [0.29, 0.717) is 0 Å². The molecule has 0 atom stereocenters. The predicted octanol–water partition coefficient (Wildman–Crippen LogP) is 14.8. The Morgan fingerprint density at radius 1 is 0.357 bits per heavy atom. The van der Waals surface area contributed by atoms with Gasteiger partial charge < -0.3 is 9.13 Å². The molecule has 0 fully saturated rings. The maximum absolute atomic E-state index is 4.92. The van der Waals surface area contributed by atoms with Crippen molar-refractivity contribution in [2.75, 3.05) is 0 Å². The Morgan fingerprint density at radius 2 is 0.643 bits per heavy atom. The van der Waals surface area contributed by atoms with Crippen LogP contribution in [-0.4, -0.2) is 15.3 Å². The van der Waals surface area contributed by atoms with E-state index in [9.17, 15) is 0 Å². The molecule has 0 N–H and O–H groups in total. The molecule has 0 aliphatic rings. The van der Waals surface area contributed by atoms with Crippen LogP contribution in [0.25, 0.3) is 55.0 Å². The standard InChI is InChI=1S/C53H57N3/c1-50(2,3)35-15-25-46-42(29-35)43-30-36(51(4,5)6)16-26-47(43)55(46)40-21-13-34(14-22-40)33-54-39-19-23-41(24-20-39)56-48-27-17-37(52(7,8)9)31-44(48)45-32-38(53(10,11)12)18-28-49(45)56/h13-33H,1-12H3. The summed E-state index contributed by atoms with van der Waals surface area (Å²) in [7, 11) is 0. The fourth-order valence-corrected chi connectivity index (χ4v) is 8.02. The molecule has 0 saturated heterocycles. The smallest absolute Gasteiger partial charge is 0.0631 e. The molecule has 0 bridgehead atoms. The van der Waals surface area contributed by atoms with E-state index in [-0.39, 0.29) is 21.7 Å². The number of aromatic nitrogens is 2. The van der Waals surface area contributed by atoms with Gasteiger partial charge >= 0.3 is 0 Å². The average Bonchev–Trinajstić information content (AvgIpc) is 3.64. The van der Waals surface area contributed by atoms with Gasteiger partial charge in [0.2, 0.25) is 0 Å². The monoisotopic (exact) mass is 735 g/mol. The molecule has 8 rings (SSSR count). The first-order chi connectivity index (χ1) is 26.3. The first kappa shape index (κ1) is 37.5. The topological polar surface area (TPSA) is 22.2 Å². The van der Waals surface area contributed by atoms with Crippen molar-refractivity contribution in [2.45, 2.75) is 105 Å². The summed E-state index contributed by atoms with van der Waals surface area (Å²) in [5, 5.41) is 5.21. The third-order valence-electron chi connectivity index (χ3n) is 11.6. The van der Waals surface area contributed by atoms with Crippen LogP contribution in [0.1, 0.15) is 111 Å². The summed E-state index contributed by atoms with van der Waals surface area (Å²) in [6, 6.07) is 45.4. The van der Waals surface area contributed by atoms with Crippen LogP contribution in [0, 0.1) is 0 Å². The third-order valence-corrected chi connectivity index (χ3v) is 11.6. The van der Waals surface area contributed by atoms with E-state index in [4.69, 9.17) is 4.99 Å². The van der Waals surface area contributed by atoms with Gasteiger partial charge in [-0.1, -0.05) is 119 Å². The van der Waals surface area contributed by atoms with Crippen LogP contribution in [-0.2, 0) is 21.7 Å². The Labute approximate surface area is 333 Å². The lowest BCUT2D eigenvalue weighted by molar-refractivity contribution is 0.590. The minimum atomic E-state index is 0.0716. The van der Waals surface area contributed by atoms with Crippen molar-refractivity contribution in [1.29, 1.82) is 0 Å². The molecule has 2 aromatic heterocycles. The van der Waals surface area contributed by atoms with Crippen molar-refractivity contribution in [3.8, 4) is 11.4 Å². The molecule has 2 heterocycles. The summed E-state index contributed by atoms with van der Waals surface area (Å²) in [5.41, 5.74) is 14.9. The second kappa shape index (κ2) is 13.1. The molecule has 0 radical (unpaired) electrons. The molecule has 0 unspecified atom stereocenters. The van der Waals surface area contributed by atoms with Crippen LogP contribution in [0.15, 0.2) is 126 Å². The predicted molar refractivity (Wildman–Crippen MR) is 244 cm³/mol. The molecule has 3 nitrogen and oxygen atoms in total. The lowest BCUT2D eigenvalue weighted by atomic mass is 9.85. The van der Waals surface area contributed by atoms with Crippen molar-refractivity contribution in [3.63, 3.8) is 0 Å². The van der Waals surface area contributed by atoms with Gasteiger partial charge in [-0.15, -0.1) is 0 Å². The zero-order valence-corrected chi connectivity index (χ0v) is 35.5. The van der Waals surface area contributed by atoms with Crippen LogP contribution in [0.4, 0.5) is 5.69 Å². The molecular weight excluding hydrogens is 679 g/mol. The van der Waals surface area contributed by atoms with Gasteiger partial charge in [0.05, 0.1) is 27.8 Å². The van der Waals surface area contributed by atoms with Gasteiger partial charge in [-0.05, 0) is 134 Å². The lowest BCUT2D eigenvalue weighted by Gasteiger charge is -2.19. The van der Waals surface area contributed by atoms with Crippen molar-refractivity contribution < 1.29 is 0 Å². The van der Waals surface area contributed by atoms with E-state index >= 15 is 0 Å². The number of rotatable bonds is 4. The summed E-state index contributed by atoms with van der Waals surface area (Å²) in [6.45, 7) is 27.5. The van der Waals surface area contributed by atoms with Crippen LogP contribution in [0.5, 0.6) is 0 Å². The Bertz CT molecular complexity index is 2450. The van der Waals surface area contributed by atoms with E-state index in [2.05, 4.69) is 214 Å². The van der Waals surface area contributed by atoms with Gasteiger partial charge in [0.25, 0.3) is 0 Å². The Morgan fingerprint density at radius 3 is 0.929 bits per heavy atom. The van der Waals surface area contributed by atoms with Gasteiger partial charge in [-0.3, -0.25) is 4.99 Å². The van der Waals surface area contributed by atoms with Crippen molar-refractivity contribution in [3.05, 3.63) is 149 Å². The number of fused-ring (bicyclic) bond motifs is 6. The van der Waals surface area contributed by atoms with E-state index in [1.165, 1.54) is 65.9 Å². The highest BCUT2D eigenvalue weighted by atomic mass is 15.0. The van der Waals surface area contributed by atoms with Crippen LogP contribution < -0.4 is 0 Å². The molecule has 8 aromatic rings. The third kappa shape index (κ3) is 6.76. The fourth-order valence-electron chi connectivity index (χ4n) is 8.02. The number of nitrogens with zero attached hydrogens (tertiary/aromatic N) is 3. The van der Waals surface area contributed by atoms with Gasteiger partial charge in [0.15, 0.2) is 0 Å². The average molecular weight is 736 g/mol. The minimum Gasteiger partial charge on any atom is -0.309 e. The maximum Gasteiger partial charge on any atom is 0.0631 e. The van der Waals surface area contributed by atoms with Crippen LogP contribution >= 0.6 is 0 Å². The van der Waals surface area contributed by atoms with Crippen LogP contribution in [0.3, 0.4) is 0 Å². The van der Waals surface area contributed by atoms with Gasteiger partial charge in [-0.2, -0.15) is 0 Å². The highest BCUT2D eigenvalue weighted by Gasteiger charge is 2.22. The van der Waals surface area contributed by atoms with Gasteiger partial charge in [0.1, 0.15) is 0 Å². The quantitative estimate of drug-likeness (QED) is 0.161. The summed E-state index contributed by atoms with van der Waals surface area (Å²) in [4.78, 5) is 4.92. The first-order valence-corrected chi connectivity index (χ1v) is 20.2. The van der Waals surface area contributed by atoms with Crippen LogP contribution in [0.2, 0.25) is 0 Å². The molecule has 3 heteroatoms. The molecule has 0 spiro atoms. The summed E-state index contributed by atoms with van der Waals surface area (Å²) >= 11 is 0. The number of hydrogen-bond donors (Lipinski definition) is 0. The summed E-state index contributed by atoms with van der Waals surface area (Å²) in [6.07, 6.45) is 1.97. The van der Waals surface area contributed by atoms with E-state index < -0.39 is 0 Å². The Balaban J connectivity index is 1.12. The van der Waals surface area contributed by atoms with Gasteiger partial charge in [0, 0.05) is 39.1 Å². The molecule has 0 aliphatic heterocycles. The zero-order chi connectivity index (χ0) is 39.9. The molecule has 0 saturated carbocycles. The summed E-state index contributed by atoms with van der Waals surface area (Å²) in [5.74, 6) is 0. The zero-order valence-electron chi connectivity index (χ0n) is 35.5. The van der Waals surface area contributed by atoms with Crippen molar-refractivity contribution >= 4 is 55.5 Å². The largest absolute Gasteiger partial charge is 0.309 e. The molecule has 284 valence electrons. The second-order valence-electron chi connectivity index (χ2n) is 20.0. The highest BCUT2D eigenvalue weighted by molar-refractivity contribution is 6.11. The van der Waals surface area contributed by atoms with Gasteiger partial charge in [-0.25, -0.2) is 0 Å². The molecular formula is C53H57N3. The summed E-state index contributed by atoms with van der Waals surface area (Å²) < 4.78 is 4.81. The molecule has 6 aromatic carbocycles. The molecule has 0 amide bonds. The van der Waals surface area contributed by atoms with Crippen molar-refractivity contribution in [2.24, 2.45) is 4.99 Å². The maximum atomic E-state index is 4.92. The number of benzene rings is 6. The molecule has 0 aliphatic carbocycles. The van der Waals surface area contributed by atoms with E-state index in [1.807, 2.05) is 6.21 Å². The van der Waals surface area contributed by atoms with E-state index in [0.717, 1.165) is 22.6 Å². The second-order valence-corrected chi connectivity index (χ2v) is 20.0. The number of hydrogen-bond acceptors (Lipinski definition) is 1. The normalized spacial score (nSPS) is 13.3. The fraction of sp³-hybridized carbons (Fsp3) is 0.302. The molecule has 56 heavy (non-hydrogen) atoms. The highest BCUT2D eigenvalue weighted by Crippen LogP contribution is 2.39. The Kier molecular flexibility index (Phi) is 8.77.